The van der Waals surface area contributed by atoms with Gasteiger partial charge in [0.05, 0.1) is 6.61 Å². The topological polar surface area (TPSA) is 29.5 Å². The second kappa shape index (κ2) is 7.72. The maximum atomic E-state index is 8.68. The summed E-state index contributed by atoms with van der Waals surface area (Å²) in [6.07, 6.45) is 2.87. The Morgan fingerprint density at radius 1 is 1.24 bits per heavy atom. The van der Waals surface area contributed by atoms with Gasteiger partial charge >= 0.3 is 0 Å². The van der Waals surface area contributed by atoms with Gasteiger partial charge in [-0.15, -0.1) is 0 Å². The van der Waals surface area contributed by atoms with Crippen LogP contribution in [0.15, 0.2) is 22.7 Å². The first-order valence-corrected chi connectivity index (χ1v) is 6.97. The van der Waals surface area contributed by atoms with Gasteiger partial charge in [-0.2, -0.15) is 0 Å². The number of hydrogen-bond acceptors (Lipinski definition) is 2. The lowest BCUT2D eigenvalue weighted by Crippen LogP contribution is -2.01. The highest BCUT2D eigenvalue weighted by atomic mass is 79.9. The average molecular weight is 301 g/mol. The van der Waals surface area contributed by atoms with Crippen LogP contribution in [0.1, 0.15) is 44.6 Å². The molecular weight excluding hydrogens is 280 g/mol. The second-order valence-corrected chi connectivity index (χ2v) is 5.39. The zero-order valence-corrected chi connectivity index (χ0v) is 12.2. The number of benzene rings is 1. The van der Waals surface area contributed by atoms with Crippen LogP contribution < -0.4 is 4.74 Å². The molecule has 1 N–H and O–H groups in total. The minimum absolute atomic E-state index is 0.273. The maximum absolute atomic E-state index is 8.68. The van der Waals surface area contributed by atoms with Gasteiger partial charge in [0, 0.05) is 11.1 Å². The van der Waals surface area contributed by atoms with Crippen molar-refractivity contribution >= 4 is 15.9 Å². The SMILES string of the molecule is CC(C)c1cc(Br)ccc1OCCCCCO. The van der Waals surface area contributed by atoms with E-state index in [1.165, 1.54) is 5.56 Å². The zero-order valence-electron chi connectivity index (χ0n) is 10.6. The van der Waals surface area contributed by atoms with Crippen LogP contribution in [0.25, 0.3) is 0 Å². The first-order valence-electron chi connectivity index (χ1n) is 6.18. The molecule has 0 heterocycles. The Hall–Kier alpha value is -0.540. The Labute approximate surface area is 112 Å². The van der Waals surface area contributed by atoms with E-state index in [2.05, 4.69) is 35.8 Å². The molecule has 0 aliphatic heterocycles. The van der Waals surface area contributed by atoms with Crippen molar-refractivity contribution in [2.75, 3.05) is 13.2 Å². The molecule has 0 spiro atoms. The van der Waals surface area contributed by atoms with Gasteiger partial charge in [0.1, 0.15) is 5.75 Å². The van der Waals surface area contributed by atoms with Crippen LogP contribution in [-0.2, 0) is 0 Å². The third kappa shape index (κ3) is 5.09. The van der Waals surface area contributed by atoms with Gasteiger partial charge in [0.15, 0.2) is 0 Å². The largest absolute Gasteiger partial charge is 0.493 e. The molecule has 0 bridgehead atoms. The Bertz CT molecular complexity index is 337. The monoisotopic (exact) mass is 300 g/mol. The normalized spacial score (nSPS) is 10.9. The van der Waals surface area contributed by atoms with Gasteiger partial charge in [-0.25, -0.2) is 0 Å². The predicted octanol–water partition coefficient (Wildman–Crippen LogP) is 4.11. The third-order valence-electron chi connectivity index (χ3n) is 2.65. The molecule has 17 heavy (non-hydrogen) atoms. The van der Waals surface area contributed by atoms with Crippen LogP contribution in [0.5, 0.6) is 5.75 Å². The van der Waals surface area contributed by atoms with Crippen LogP contribution in [0.4, 0.5) is 0 Å². The van der Waals surface area contributed by atoms with E-state index in [9.17, 15) is 0 Å². The zero-order chi connectivity index (χ0) is 12.7. The standard InChI is InChI=1S/C14H21BrO2/c1-11(2)13-10-12(15)6-7-14(13)17-9-5-3-4-8-16/h6-7,10-11,16H,3-5,8-9H2,1-2H3. The molecule has 0 aliphatic carbocycles. The Kier molecular flexibility index (Phi) is 6.60. The summed E-state index contributed by atoms with van der Waals surface area (Å²) < 4.78 is 6.89. The molecule has 2 nitrogen and oxygen atoms in total. The molecule has 3 heteroatoms. The number of hydrogen-bond donors (Lipinski definition) is 1. The van der Waals surface area contributed by atoms with Crippen molar-refractivity contribution in [3.05, 3.63) is 28.2 Å². The summed E-state index contributed by atoms with van der Waals surface area (Å²) in [4.78, 5) is 0. The highest BCUT2D eigenvalue weighted by molar-refractivity contribution is 9.10. The van der Waals surface area contributed by atoms with E-state index in [0.717, 1.165) is 36.1 Å². The first-order chi connectivity index (χ1) is 8.15. The maximum Gasteiger partial charge on any atom is 0.122 e. The molecule has 0 atom stereocenters. The summed E-state index contributed by atoms with van der Waals surface area (Å²) in [6, 6.07) is 6.15. The van der Waals surface area contributed by atoms with Crippen LogP contribution in [-0.4, -0.2) is 18.3 Å². The fourth-order valence-electron chi connectivity index (χ4n) is 1.67. The molecule has 1 aromatic carbocycles. The lowest BCUT2D eigenvalue weighted by molar-refractivity contribution is 0.265. The highest BCUT2D eigenvalue weighted by Gasteiger charge is 2.08. The number of ether oxygens (including phenoxy) is 1. The molecule has 1 aromatic rings. The van der Waals surface area contributed by atoms with Gasteiger partial charge < -0.3 is 9.84 Å². The van der Waals surface area contributed by atoms with Crippen LogP contribution in [0.2, 0.25) is 0 Å². The number of aliphatic hydroxyl groups is 1. The number of unbranched alkanes of at least 4 members (excludes halogenated alkanes) is 2. The molecule has 96 valence electrons. The molecular formula is C14H21BrO2. The summed E-state index contributed by atoms with van der Waals surface area (Å²) in [5.41, 5.74) is 1.24. The molecule has 0 fully saturated rings. The van der Waals surface area contributed by atoms with E-state index < -0.39 is 0 Å². The average Bonchev–Trinajstić information content (AvgIpc) is 2.30. The lowest BCUT2D eigenvalue weighted by atomic mass is 10.0. The van der Waals surface area contributed by atoms with E-state index in [1.807, 2.05) is 12.1 Å². The van der Waals surface area contributed by atoms with Crippen molar-refractivity contribution in [3.8, 4) is 5.75 Å². The Morgan fingerprint density at radius 3 is 2.65 bits per heavy atom. The van der Waals surface area contributed by atoms with Crippen LogP contribution >= 0.6 is 15.9 Å². The van der Waals surface area contributed by atoms with Crippen molar-refractivity contribution in [2.24, 2.45) is 0 Å². The van der Waals surface area contributed by atoms with Crippen molar-refractivity contribution in [2.45, 2.75) is 39.0 Å². The Morgan fingerprint density at radius 2 is 2.00 bits per heavy atom. The minimum Gasteiger partial charge on any atom is -0.493 e. The van der Waals surface area contributed by atoms with Crippen LogP contribution in [0.3, 0.4) is 0 Å². The van der Waals surface area contributed by atoms with Crippen molar-refractivity contribution in [1.82, 2.24) is 0 Å². The summed E-state index contributed by atoms with van der Waals surface area (Å²) in [5, 5.41) is 8.68. The fraction of sp³-hybridized carbons (Fsp3) is 0.571. The van der Waals surface area contributed by atoms with Gasteiger partial charge in [-0.3, -0.25) is 0 Å². The van der Waals surface area contributed by atoms with Crippen molar-refractivity contribution in [3.63, 3.8) is 0 Å². The smallest absolute Gasteiger partial charge is 0.122 e. The molecule has 0 saturated carbocycles. The Balaban J connectivity index is 2.52. The molecule has 0 aliphatic rings. The second-order valence-electron chi connectivity index (χ2n) is 4.47. The van der Waals surface area contributed by atoms with Gasteiger partial charge in [-0.05, 0) is 48.9 Å². The van der Waals surface area contributed by atoms with Crippen LogP contribution in [0, 0.1) is 0 Å². The molecule has 0 amide bonds. The number of halogens is 1. The van der Waals surface area contributed by atoms with E-state index >= 15 is 0 Å². The van der Waals surface area contributed by atoms with Crippen molar-refractivity contribution in [1.29, 1.82) is 0 Å². The summed E-state index contributed by atoms with van der Waals surface area (Å²) in [7, 11) is 0. The highest BCUT2D eigenvalue weighted by Crippen LogP contribution is 2.29. The molecule has 0 radical (unpaired) electrons. The summed E-state index contributed by atoms with van der Waals surface area (Å²) in [6.45, 7) is 5.33. The van der Waals surface area contributed by atoms with E-state index in [0.29, 0.717) is 5.92 Å². The summed E-state index contributed by atoms with van der Waals surface area (Å²) >= 11 is 3.48. The quantitative estimate of drug-likeness (QED) is 0.768. The number of rotatable bonds is 7. The molecule has 0 saturated heterocycles. The van der Waals surface area contributed by atoms with Gasteiger partial charge in [0.25, 0.3) is 0 Å². The lowest BCUT2D eigenvalue weighted by Gasteiger charge is -2.14. The van der Waals surface area contributed by atoms with Gasteiger partial charge in [-0.1, -0.05) is 29.8 Å². The first kappa shape index (κ1) is 14.5. The minimum atomic E-state index is 0.273. The third-order valence-corrected chi connectivity index (χ3v) is 3.15. The van der Waals surface area contributed by atoms with E-state index in [4.69, 9.17) is 9.84 Å². The van der Waals surface area contributed by atoms with E-state index in [-0.39, 0.29) is 6.61 Å². The fourth-order valence-corrected chi connectivity index (χ4v) is 2.05. The molecule has 0 unspecified atom stereocenters. The van der Waals surface area contributed by atoms with Crippen molar-refractivity contribution < 1.29 is 9.84 Å². The number of aliphatic hydroxyl groups excluding tert-OH is 1. The molecule has 1 rings (SSSR count). The predicted molar refractivity (Wildman–Crippen MR) is 74.7 cm³/mol. The van der Waals surface area contributed by atoms with E-state index in [1.54, 1.807) is 0 Å². The summed E-state index contributed by atoms with van der Waals surface area (Å²) in [5.74, 6) is 1.44. The molecule has 0 aromatic heterocycles. The van der Waals surface area contributed by atoms with Gasteiger partial charge in [0.2, 0.25) is 0 Å².